The fraction of sp³-hybridized carbons (Fsp3) is 0.562. The summed E-state index contributed by atoms with van der Waals surface area (Å²) < 4.78 is 11.1. The predicted octanol–water partition coefficient (Wildman–Crippen LogP) is 1.41. The van der Waals surface area contributed by atoms with Crippen LogP contribution >= 0.6 is 0 Å². The zero-order valence-corrected chi connectivity index (χ0v) is 12.5. The molecule has 5 heteroatoms. The van der Waals surface area contributed by atoms with Crippen molar-refractivity contribution in [2.24, 2.45) is 0 Å². The van der Waals surface area contributed by atoms with Crippen molar-refractivity contribution in [2.75, 3.05) is 26.3 Å². The summed E-state index contributed by atoms with van der Waals surface area (Å²) in [7, 11) is 0. The summed E-state index contributed by atoms with van der Waals surface area (Å²) in [4.78, 5) is 2.22. The van der Waals surface area contributed by atoms with Crippen LogP contribution in [0, 0.1) is 11.3 Å². The Morgan fingerprint density at radius 1 is 1.43 bits per heavy atom. The van der Waals surface area contributed by atoms with Crippen LogP contribution in [0.2, 0.25) is 0 Å². The van der Waals surface area contributed by atoms with E-state index in [-0.39, 0.29) is 12.7 Å². The maximum absolute atomic E-state index is 10.1. The molecule has 0 radical (unpaired) electrons. The molecule has 1 N–H and O–H groups in total. The number of hydrogen-bond donors (Lipinski definition) is 1. The first-order chi connectivity index (χ1) is 10.1. The lowest BCUT2D eigenvalue weighted by molar-refractivity contribution is -0.0650. The Morgan fingerprint density at radius 2 is 2.14 bits per heavy atom. The first kappa shape index (κ1) is 15.8. The van der Waals surface area contributed by atoms with E-state index in [1.807, 2.05) is 6.92 Å². The number of hydrogen-bond acceptors (Lipinski definition) is 5. The SMILES string of the molecule is CC1CN(CC(O)COc2ccc(C#N)cc2)C(C)CO1. The molecule has 0 saturated carbocycles. The fourth-order valence-corrected chi connectivity index (χ4v) is 2.37. The smallest absolute Gasteiger partial charge is 0.119 e. The highest BCUT2D eigenvalue weighted by atomic mass is 16.5. The highest BCUT2D eigenvalue weighted by Crippen LogP contribution is 2.14. The van der Waals surface area contributed by atoms with Gasteiger partial charge in [0.05, 0.1) is 24.3 Å². The monoisotopic (exact) mass is 290 g/mol. The number of nitriles is 1. The van der Waals surface area contributed by atoms with Crippen LogP contribution in [0.1, 0.15) is 19.4 Å². The molecular weight excluding hydrogens is 268 g/mol. The van der Waals surface area contributed by atoms with E-state index in [2.05, 4.69) is 17.9 Å². The molecule has 3 atom stereocenters. The molecule has 1 aromatic carbocycles. The van der Waals surface area contributed by atoms with E-state index in [0.29, 0.717) is 30.5 Å². The molecule has 114 valence electrons. The first-order valence-corrected chi connectivity index (χ1v) is 7.25. The quantitative estimate of drug-likeness (QED) is 0.888. The van der Waals surface area contributed by atoms with Crippen molar-refractivity contribution in [1.29, 1.82) is 5.26 Å². The van der Waals surface area contributed by atoms with Gasteiger partial charge in [0.15, 0.2) is 0 Å². The van der Waals surface area contributed by atoms with E-state index in [4.69, 9.17) is 14.7 Å². The lowest BCUT2D eigenvalue weighted by atomic mass is 10.2. The predicted molar refractivity (Wildman–Crippen MR) is 79.1 cm³/mol. The zero-order chi connectivity index (χ0) is 15.2. The Kier molecular flexibility index (Phi) is 5.57. The average Bonchev–Trinajstić information content (AvgIpc) is 2.49. The molecule has 3 unspecified atom stereocenters. The fourth-order valence-electron chi connectivity index (χ4n) is 2.37. The molecule has 1 aliphatic heterocycles. The van der Waals surface area contributed by atoms with Crippen LogP contribution in [0.25, 0.3) is 0 Å². The largest absolute Gasteiger partial charge is 0.491 e. The molecule has 1 heterocycles. The van der Waals surface area contributed by atoms with Crippen LogP contribution < -0.4 is 4.74 Å². The van der Waals surface area contributed by atoms with Crippen molar-refractivity contribution >= 4 is 0 Å². The topological polar surface area (TPSA) is 65.7 Å². The molecule has 1 saturated heterocycles. The third-order valence-corrected chi connectivity index (χ3v) is 3.61. The zero-order valence-electron chi connectivity index (χ0n) is 12.5. The highest BCUT2D eigenvalue weighted by molar-refractivity contribution is 5.34. The number of benzene rings is 1. The van der Waals surface area contributed by atoms with Gasteiger partial charge < -0.3 is 14.6 Å². The molecule has 2 rings (SSSR count). The molecule has 1 aromatic rings. The van der Waals surface area contributed by atoms with Crippen LogP contribution in [-0.4, -0.2) is 54.6 Å². The van der Waals surface area contributed by atoms with E-state index in [1.165, 1.54) is 0 Å². The van der Waals surface area contributed by atoms with Gasteiger partial charge in [0.25, 0.3) is 0 Å². The maximum atomic E-state index is 10.1. The Bertz CT molecular complexity index is 483. The van der Waals surface area contributed by atoms with Gasteiger partial charge in [-0.1, -0.05) is 0 Å². The molecule has 1 aliphatic rings. The third kappa shape index (κ3) is 4.71. The van der Waals surface area contributed by atoms with Gasteiger partial charge in [0, 0.05) is 19.1 Å². The first-order valence-electron chi connectivity index (χ1n) is 7.25. The van der Waals surface area contributed by atoms with Gasteiger partial charge in [-0.25, -0.2) is 0 Å². The van der Waals surface area contributed by atoms with Gasteiger partial charge in [0.2, 0.25) is 0 Å². The summed E-state index contributed by atoms with van der Waals surface area (Å²) in [6, 6.07) is 9.25. The van der Waals surface area contributed by atoms with Crippen LogP contribution in [0.15, 0.2) is 24.3 Å². The minimum absolute atomic E-state index is 0.202. The van der Waals surface area contributed by atoms with Crippen LogP contribution in [0.4, 0.5) is 0 Å². The number of aliphatic hydroxyl groups is 1. The van der Waals surface area contributed by atoms with Gasteiger partial charge in [-0.05, 0) is 38.1 Å². The molecule has 0 aliphatic carbocycles. The van der Waals surface area contributed by atoms with E-state index in [1.54, 1.807) is 24.3 Å². The van der Waals surface area contributed by atoms with Crippen LogP contribution in [0.3, 0.4) is 0 Å². The van der Waals surface area contributed by atoms with E-state index < -0.39 is 6.10 Å². The summed E-state index contributed by atoms with van der Waals surface area (Å²) in [5.41, 5.74) is 0.596. The number of ether oxygens (including phenoxy) is 2. The van der Waals surface area contributed by atoms with Crippen molar-refractivity contribution < 1.29 is 14.6 Å². The van der Waals surface area contributed by atoms with Crippen molar-refractivity contribution in [2.45, 2.75) is 32.1 Å². The summed E-state index contributed by atoms with van der Waals surface area (Å²) in [5, 5.41) is 18.8. The van der Waals surface area contributed by atoms with Crippen molar-refractivity contribution in [3.8, 4) is 11.8 Å². The lowest BCUT2D eigenvalue weighted by Gasteiger charge is -2.37. The Balaban J connectivity index is 1.78. The molecule has 0 bridgehead atoms. The number of β-amino-alcohol motifs (C(OH)–C–C–N with tert-alkyl or cyclic N) is 1. The molecule has 0 amide bonds. The Labute approximate surface area is 125 Å². The van der Waals surface area contributed by atoms with Gasteiger partial charge in [-0.3, -0.25) is 4.90 Å². The van der Waals surface area contributed by atoms with Crippen molar-refractivity contribution in [1.82, 2.24) is 4.90 Å². The second kappa shape index (κ2) is 7.41. The van der Waals surface area contributed by atoms with E-state index in [9.17, 15) is 5.11 Å². The molecular formula is C16H22N2O3. The van der Waals surface area contributed by atoms with E-state index in [0.717, 1.165) is 6.54 Å². The number of aliphatic hydroxyl groups excluding tert-OH is 1. The second-order valence-electron chi connectivity index (χ2n) is 5.55. The van der Waals surface area contributed by atoms with Gasteiger partial charge in [-0.15, -0.1) is 0 Å². The molecule has 1 fully saturated rings. The minimum Gasteiger partial charge on any atom is -0.491 e. The lowest BCUT2D eigenvalue weighted by Crippen LogP contribution is -2.50. The number of morpholine rings is 1. The van der Waals surface area contributed by atoms with Crippen molar-refractivity contribution in [3.05, 3.63) is 29.8 Å². The average molecular weight is 290 g/mol. The highest BCUT2D eigenvalue weighted by Gasteiger charge is 2.25. The second-order valence-corrected chi connectivity index (χ2v) is 5.55. The van der Waals surface area contributed by atoms with Gasteiger partial charge in [-0.2, -0.15) is 5.26 Å². The maximum Gasteiger partial charge on any atom is 0.119 e. The van der Waals surface area contributed by atoms with Gasteiger partial charge >= 0.3 is 0 Å². The van der Waals surface area contributed by atoms with Crippen molar-refractivity contribution in [3.63, 3.8) is 0 Å². The van der Waals surface area contributed by atoms with Crippen LogP contribution in [-0.2, 0) is 4.74 Å². The Morgan fingerprint density at radius 3 is 2.81 bits per heavy atom. The minimum atomic E-state index is -0.548. The molecule has 0 aromatic heterocycles. The number of nitrogens with zero attached hydrogens (tertiary/aromatic N) is 2. The van der Waals surface area contributed by atoms with Crippen LogP contribution in [0.5, 0.6) is 5.75 Å². The molecule has 5 nitrogen and oxygen atoms in total. The summed E-state index contributed by atoms with van der Waals surface area (Å²) in [5.74, 6) is 0.663. The molecule has 0 spiro atoms. The summed E-state index contributed by atoms with van der Waals surface area (Å²) in [6.07, 6.45) is -0.346. The number of rotatable bonds is 5. The van der Waals surface area contributed by atoms with Gasteiger partial charge in [0.1, 0.15) is 18.5 Å². The molecule has 21 heavy (non-hydrogen) atoms. The standard InChI is InChI=1S/C16H22N2O3/c1-12-10-20-13(2)8-18(12)9-15(19)11-21-16-5-3-14(7-17)4-6-16/h3-6,12-13,15,19H,8-11H2,1-2H3. The van der Waals surface area contributed by atoms with E-state index >= 15 is 0 Å². The summed E-state index contributed by atoms with van der Waals surface area (Å²) >= 11 is 0. The normalized spacial score (nSPS) is 24.3. The Hall–Kier alpha value is -1.61. The summed E-state index contributed by atoms with van der Waals surface area (Å²) in [6.45, 7) is 6.48. The third-order valence-electron chi connectivity index (χ3n) is 3.61.